The third-order valence-electron chi connectivity index (χ3n) is 5.07. The number of hydrogen-bond acceptors (Lipinski definition) is 6. The van der Waals surface area contributed by atoms with Gasteiger partial charge in [0, 0.05) is 43.3 Å². The predicted octanol–water partition coefficient (Wildman–Crippen LogP) is 1.44. The highest BCUT2D eigenvalue weighted by Crippen LogP contribution is 2.26. The van der Waals surface area contributed by atoms with Gasteiger partial charge in [0.25, 0.3) is 0 Å². The van der Waals surface area contributed by atoms with Gasteiger partial charge in [0.05, 0.1) is 12.6 Å². The molecule has 0 radical (unpaired) electrons. The van der Waals surface area contributed by atoms with E-state index in [1.807, 2.05) is 13.8 Å². The van der Waals surface area contributed by atoms with Crippen LogP contribution in [0.15, 0.2) is 29.2 Å². The van der Waals surface area contributed by atoms with E-state index < -0.39 is 11.1 Å². The van der Waals surface area contributed by atoms with Crippen molar-refractivity contribution in [1.29, 1.82) is 0 Å². The topological polar surface area (TPSA) is 93.2 Å². The minimum atomic E-state index is -2.27. The smallest absolute Gasteiger partial charge is 0.409 e. The van der Waals surface area contributed by atoms with E-state index in [0.29, 0.717) is 57.4 Å². The zero-order valence-corrected chi connectivity index (χ0v) is 17.0. The molecule has 8 nitrogen and oxygen atoms in total. The molecule has 154 valence electrons. The Bertz CT molecular complexity index is 732. The Balaban J connectivity index is 1.54. The van der Waals surface area contributed by atoms with Crippen LogP contribution in [0.2, 0.25) is 0 Å². The first-order valence-corrected chi connectivity index (χ1v) is 10.6. The summed E-state index contributed by atoms with van der Waals surface area (Å²) >= 11 is -2.27. The molecule has 0 bridgehead atoms. The highest BCUT2D eigenvalue weighted by atomic mass is 32.2. The molecule has 1 unspecified atom stereocenters. The summed E-state index contributed by atoms with van der Waals surface area (Å²) in [5.41, 5.74) is 0.706. The molecular formula is C19H26N3O5S-. The second-order valence-electron chi connectivity index (χ2n) is 7.52. The quantitative estimate of drug-likeness (QED) is 0.685. The van der Waals surface area contributed by atoms with Gasteiger partial charge in [0.2, 0.25) is 5.91 Å². The zero-order valence-electron chi connectivity index (χ0n) is 16.2. The van der Waals surface area contributed by atoms with Crippen molar-refractivity contribution in [2.75, 3.05) is 44.2 Å². The Morgan fingerprint density at radius 2 is 1.82 bits per heavy atom. The fourth-order valence-corrected chi connectivity index (χ4v) is 3.90. The van der Waals surface area contributed by atoms with Gasteiger partial charge in [-0.2, -0.15) is 0 Å². The second kappa shape index (κ2) is 9.02. The molecule has 2 atom stereocenters. The summed E-state index contributed by atoms with van der Waals surface area (Å²) in [6.45, 7) is 7.36. The highest BCUT2D eigenvalue weighted by molar-refractivity contribution is 7.79. The lowest BCUT2D eigenvalue weighted by molar-refractivity contribution is -0.122. The molecular weight excluding hydrogens is 382 g/mol. The van der Waals surface area contributed by atoms with Gasteiger partial charge in [-0.05, 0) is 47.7 Å². The van der Waals surface area contributed by atoms with Crippen LogP contribution in [-0.4, -0.2) is 75.9 Å². The van der Waals surface area contributed by atoms with Crippen LogP contribution in [0, 0.1) is 5.92 Å². The van der Waals surface area contributed by atoms with Crippen molar-refractivity contribution in [3.63, 3.8) is 0 Å². The van der Waals surface area contributed by atoms with Crippen molar-refractivity contribution in [3.8, 4) is 0 Å². The fourth-order valence-electron chi connectivity index (χ4n) is 3.54. The number of ether oxygens (including phenoxy) is 1. The Labute approximate surface area is 167 Å². The van der Waals surface area contributed by atoms with E-state index in [2.05, 4.69) is 4.90 Å². The largest absolute Gasteiger partial charge is 0.768 e. The van der Waals surface area contributed by atoms with Gasteiger partial charge in [0.1, 0.15) is 0 Å². The molecule has 0 saturated carbocycles. The third-order valence-corrected chi connectivity index (χ3v) is 5.73. The Morgan fingerprint density at radius 1 is 1.18 bits per heavy atom. The van der Waals surface area contributed by atoms with E-state index in [1.54, 1.807) is 21.9 Å². The van der Waals surface area contributed by atoms with Crippen molar-refractivity contribution in [2.24, 2.45) is 5.92 Å². The Hall–Kier alpha value is -1.97. The lowest BCUT2D eigenvalue weighted by Crippen LogP contribution is -2.54. The predicted molar refractivity (Wildman–Crippen MR) is 104 cm³/mol. The summed E-state index contributed by atoms with van der Waals surface area (Å²) in [6.07, 6.45) is 0.426. The van der Waals surface area contributed by atoms with Crippen molar-refractivity contribution in [3.05, 3.63) is 24.3 Å². The molecule has 2 saturated heterocycles. The van der Waals surface area contributed by atoms with Crippen LogP contribution >= 0.6 is 0 Å². The lowest BCUT2D eigenvalue weighted by Gasteiger charge is -2.36. The third kappa shape index (κ3) is 4.71. The maximum atomic E-state index is 12.9. The summed E-state index contributed by atoms with van der Waals surface area (Å²) < 4.78 is 27.2. The number of amides is 2. The van der Waals surface area contributed by atoms with E-state index in [1.165, 1.54) is 12.1 Å². The first-order valence-electron chi connectivity index (χ1n) is 9.53. The Morgan fingerprint density at radius 3 is 2.39 bits per heavy atom. The molecule has 3 rings (SSSR count). The van der Waals surface area contributed by atoms with Crippen LogP contribution in [0.4, 0.5) is 10.5 Å². The molecule has 28 heavy (non-hydrogen) atoms. The van der Waals surface area contributed by atoms with Crippen molar-refractivity contribution in [2.45, 2.75) is 31.2 Å². The Kier molecular flexibility index (Phi) is 6.69. The molecule has 2 fully saturated rings. The molecule has 0 N–H and O–H groups in total. The minimum absolute atomic E-state index is 0.0202. The van der Waals surface area contributed by atoms with Crippen molar-refractivity contribution >= 4 is 28.8 Å². The molecule has 2 aliphatic heterocycles. The monoisotopic (exact) mass is 408 g/mol. The first kappa shape index (κ1) is 20.8. The van der Waals surface area contributed by atoms with Crippen LogP contribution in [-0.2, 0) is 20.6 Å². The number of carbonyl (C=O) groups excluding carboxylic acids is 2. The maximum Gasteiger partial charge on any atom is 0.409 e. The molecule has 1 aromatic rings. The van der Waals surface area contributed by atoms with Gasteiger partial charge in [-0.1, -0.05) is 13.8 Å². The number of anilines is 1. The number of rotatable bonds is 5. The summed E-state index contributed by atoms with van der Waals surface area (Å²) in [4.78, 5) is 30.7. The molecule has 0 aromatic heterocycles. The second-order valence-corrected chi connectivity index (χ2v) is 8.46. The normalized spacial score (nSPS) is 22.0. The molecule has 9 heteroatoms. The summed E-state index contributed by atoms with van der Waals surface area (Å²) in [7, 11) is 0. The van der Waals surface area contributed by atoms with Gasteiger partial charge >= 0.3 is 6.09 Å². The van der Waals surface area contributed by atoms with Crippen LogP contribution in [0.1, 0.15) is 20.3 Å². The number of carbonyl (C=O) groups is 2. The van der Waals surface area contributed by atoms with Gasteiger partial charge in [-0.25, -0.2) is 4.79 Å². The summed E-state index contributed by atoms with van der Waals surface area (Å²) in [5, 5.41) is 0. The number of hydrogen-bond donors (Lipinski definition) is 0. The van der Waals surface area contributed by atoms with Gasteiger partial charge < -0.3 is 19.1 Å². The van der Waals surface area contributed by atoms with Crippen molar-refractivity contribution in [1.82, 2.24) is 9.80 Å². The van der Waals surface area contributed by atoms with Gasteiger partial charge in [0.15, 0.2) is 0 Å². The maximum absolute atomic E-state index is 12.9. The van der Waals surface area contributed by atoms with Crippen LogP contribution in [0.25, 0.3) is 0 Å². The molecule has 2 aliphatic rings. The first-order chi connectivity index (χ1) is 13.4. The van der Waals surface area contributed by atoms with Gasteiger partial charge in [-0.3, -0.25) is 13.9 Å². The zero-order chi connectivity index (χ0) is 20.3. The summed E-state index contributed by atoms with van der Waals surface area (Å²) in [6, 6.07) is 6.12. The number of nitrogens with zero attached hydrogens (tertiary/aromatic N) is 3. The van der Waals surface area contributed by atoms with Gasteiger partial charge in [-0.15, -0.1) is 0 Å². The molecule has 1 aromatic carbocycles. The summed E-state index contributed by atoms with van der Waals surface area (Å²) in [5.74, 6) is 0.321. The van der Waals surface area contributed by atoms with Crippen molar-refractivity contribution < 1.29 is 23.1 Å². The minimum Gasteiger partial charge on any atom is -0.768 e. The average molecular weight is 409 g/mol. The van der Waals surface area contributed by atoms with E-state index in [-0.39, 0.29) is 22.9 Å². The highest BCUT2D eigenvalue weighted by Gasteiger charge is 2.38. The molecule has 0 aliphatic carbocycles. The van der Waals surface area contributed by atoms with E-state index in [9.17, 15) is 18.4 Å². The molecule has 0 spiro atoms. The van der Waals surface area contributed by atoms with E-state index >= 15 is 0 Å². The van der Waals surface area contributed by atoms with Crippen LogP contribution in [0.3, 0.4) is 0 Å². The van der Waals surface area contributed by atoms with Crippen LogP contribution < -0.4 is 4.90 Å². The number of piperazine rings is 1. The SMILES string of the molecule is CC(C)COC(=O)N1CCN([C@H]2CCN(c3ccc(S(=O)[O-])cc3)C2=O)CC1. The molecule has 2 heterocycles. The van der Waals surface area contributed by atoms with E-state index in [0.717, 1.165) is 0 Å². The lowest BCUT2D eigenvalue weighted by atomic mass is 10.2. The number of benzene rings is 1. The molecule has 2 amide bonds. The van der Waals surface area contributed by atoms with Crippen LogP contribution in [0.5, 0.6) is 0 Å². The van der Waals surface area contributed by atoms with E-state index in [4.69, 9.17) is 4.74 Å². The average Bonchev–Trinajstić information content (AvgIpc) is 3.07. The standard InChI is InChI=1S/C19H27N3O5S/c1-14(2)13-27-19(24)21-11-9-20(10-12-21)17-7-8-22(18(17)23)15-3-5-16(6-4-15)28(25)26/h3-6,14,17H,7-13H2,1-2H3,(H,25,26)/p-1/t17-/m0/s1. The fraction of sp³-hybridized carbons (Fsp3) is 0.579.